The van der Waals surface area contributed by atoms with Crippen LogP contribution in [-0.2, 0) is 31.2 Å². The Morgan fingerprint density at radius 1 is 1.17 bits per heavy atom. The Kier molecular flexibility index (Phi) is 16.3. The van der Waals surface area contributed by atoms with E-state index in [0.29, 0.717) is 31.1 Å². The summed E-state index contributed by atoms with van der Waals surface area (Å²) in [7, 11) is -3.29. The zero-order valence-corrected chi connectivity index (χ0v) is 28.4. The van der Waals surface area contributed by atoms with Crippen LogP contribution in [0.3, 0.4) is 0 Å². The second-order valence-electron chi connectivity index (χ2n) is 13.2. The van der Waals surface area contributed by atoms with Crippen molar-refractivity contribution in [3.63, 3.8) is 0 Å². The number of carbonyl (C=O) groups is 1. The van der Waals surface area contributed by atoms with Gasteiger partial charge in [0, 0.05) is 37.8 Å². The fourth-order valence-corrected chi connectivity index (χ4v) is 5.50. The van der Waals surface area contributed by atoms with Crippen LogP contribution in [0.5, 0.6) is 5.75 Å². The predicted octanol–water partition coefficient (Wildman–Crippen LogP) is 3.54. The molecule has 1 heterocycles. The third-order valence-electron chi connectivity index (χ3n) is 7.89. The second-order valence-corrected chi connectivity index (χ2v) is 15.3. The van der Waals surface area contributed by atoms with Crippen LogP contribution < -0.4 is 15.8 Å². The lowest BCUT2D eigenvalue weighted by atomic mass is 9.81. The van der Waals surface area contributed by atoms with Gasteiger partial charge >= 0.3 is 0 Å². The van der Waals surface area contributed by atoms with E-state index < -0.39 is 22.0 Å². The summed E-state index contributed by atoms with van der Waals surface area (Å²) in [4.78, 5) is 15.0. The smallest absolute Gasteiger partial charge is 0.222 e. The van der Waals surface area contributed by atoms with Crippen LogP contribution in [0.4, 0.5) is 0 Å². The maximum atomic E-state index is 12.6. The van der Waals surface area contributed by atoms with E-state index in [4.69, 9.17) is 15.2 Å². The van der Waals surface area contributed by atoms with Crippen LogP contribution in [0.15, 0.2) is 18.2 Å². The van der Waals surface area contributed by atoms with Crippen LogP contribution in [0.1, 0.15) is 71.9 Å². The maximum Gasteiger partial charge on any atom is 0.222 e. The van der Waals surface area contributed by atoms with Gasteiger partial charge in [0.15, 0.2) is 15.8 Å². The number of aliphatic hydroxyl groups is 1. The first-order chi connectivity index (χ1) is 19.1. The van der Waals surface area contributed by atoms with Crippen molar-refractivity contribution in [2.75, 3.05) is 51.6 Å². The van der Waals surface area contributed by atoms with Gasteiger partial charge in [0.05, 0.1) is 19.3 Å². The third-order valence-corrected chi connectivity index (χ3v) is 8.44. The maximum absolute atomic E-state index is 12.6. The minimum Gasteiger partial charge on any atom is -0.477 e. The summed E-state index contributed by atoms with van der Waals surface area (Å²) in [5.41, 5.74) is 8.26. The van der Waals surface area contributed by atoms with E-state index in [0.717, 1.165) is 63.1 Å². The molecule has 0 bridgehead atoms. The molecule has 9 nitrogen and oxygen atoms in total. The number of ether oxygens (including phenoxy) is 2. The molecule has 0 spiro atoms. The van der Waals surface area contributed by atoms with E-state index in [1.54, 1.807) is 0 Å². The van der Waals surface area contributed by atoms with Gasteiger partial charge in [0.1, 0.15) is 5.75 Å². The van der Waals surface area contributed by atoms with Crippen molar-refractivity contribution in [2.24, 2.45) is 23.5 Å². The summed E-state index contributed by atoms with van der Waals surface area (Å²) in [5.74, 6) is 0.312. The van der Waals surface area contributed by atoms with Crippen LogP contribution >= 0.6 is 12.4 Å². The highest BCUT2D eigenvalue weighted by molar-refractivity contribution is 7.90. The number of hydrogen-bond donors (Lipinski definition) is 3. The van der Waals surface area contributed by atoms with Gasteiger partial charge < -0.3 is 25.6 Å². The van der Waals surface area contributed by atoms with Gasteiger partial charge in [-0.3, -0.25) is 9.69 Å². The van der Waals surface area contributed by atoms with Gasteiger partial charge in [0.25, 0.3) is 0 Å². The minimum absolute atomic E-state index is 0. The molecular formula is C31H56ClN3O6S. The SMILES string of the molecule is CC(C)[C@@H](Cc1ccc(C(C)(C)C)c(OCS(C)(=O)=O)c1)C[C@H](N)[C@@H](O)C[C@@H](C)C(=O)NCCCN1CCOCC1.Cl. The number of hydrogen-bond acceptors (Lipinski definition) is 8. The summed E-state index contributed by atoms with van der Waals surface area (Å²) < 4.78 is 34.6. The zero-order valence-electron chi connectivity index (χ0n) is 26.7. The molecule has 244 valence electrons. The molecule has 1 aliphatic rings. The Hall–Kier alpha value is -1.43. The van der Waals surface area contributed by atoms with Crippen molar-refractivity contribution < 1.29 is 27.8 Å². The highest BCUT2D eigenvalue weighted by Gasteiger charge is 2.27. The summed E-state index contributed by atoms with van der Waals surface area (Å²) in [6.07, 6.45) is 2.89. The molecule has 1 amide bonds. The van der Waals surface area contributed by atoms with E-state index in [9.17, 15) is 18.3 Å². The molecule has 42 heavy (non-hydrogen) atoms. The lowest BCUT2D eigenvalue weighted by Crippen LogP contribution is -2.41. The highest BCUT2D eigenvalue weighted by atomic mass is 35.5. The van der Waals surface area contributed by atoms with Crippen LogP contribution in [0.2, 0.25) is 0 Å². The molecule has 1 aromatic carbocycles. The summed E-state index contributed by atoms with van der Waals surface area (Å²) in [5, 5.41) is 13.9. The van der Waals surface area contributed by atoms with Crippen molar-refractivity contribution in [3.8, 4) is 5.75 Å². The molecule has 1 aromatic rings. The van der Waals surface area contributed by atoms with E-state index in [1.165, 1.54) is 0 Å². The molecule has 1 fully saturated rings. The Bertz CT molecular complexity index is 1060. The molecule has 1 saturated heterocycles. The van der Waals surface area contributed by atoms with Gasteiger partial charge in [-0.15, -0.1) is 12.4 Å². The van der Waals surface area contributed by atoms with Crippen LogP contribution in [0, 0.1) is 17.8 Å². The number of nitrogens with one attached hydrogen (secondary N) is 1. The van der Waals surface area contributed by atoms with Crippen molar-refractivity contribution >= 4 is 28.2 Å². The molecule has 0 radical (unpaired) electrons. The summed E-state index contributed by atoms with van der Waals surface area (Å²) >= 11 is 0. The van der Waals surface area contributed by atoms with Crippen molar-refractivity contribution in [1.82, 2.24) is 10.2 Å². The number of benzene rings is 1. The van der Waals surface area contributed by atoms with E-state index >= 15 is 0 Å². The Balaban J connectivity index is 0.00000882. The number of sulfone groups is 1. The van der Waals surface area contributed by atoms with Gasteiger partial charge in [-0.05, 0) is 66.7 Å². The molecule has 4 atom stereocenters. The van der Waals surface area contributed by atoms with E-state index in [2.05, 4.69) is 50.9 Å². The number of rotatable bonds is 16. The van der Waals surface area contributed by atoms with Gasteiger partial charge in [-0.1, -0.05) is 53.7 Å². The molecule has 4 N–H and O–H groups in total. The predicted molar refractivity (Wildman–Crippen MR) is 172 cm³/mol. The molecule has 0 aromatic heterocycles. The number of carbonyl (C=O) groups excluding carboxylic acids is 1. The molecular weight excluding hydrogens is 578 g/mol. The number of amides is 1. The average molecular weight is 634 g/mol. The second kappa shape index (κ2) is 17.8. The van der Waals surface area contributed by atoms with Gasteiger partial charge in [-0.2, -0.15) is 0 Å². The van der Waals surface area contributed by atoms with Gasteiger partial charge in [-0.25, -0.2) is 8.42 Å². The number of aliphatic hydroxyl groups excluding tert-OH is 1. The Labute approximate surface area is 260 Å². The molecule has 0 unspecified atom stereocenters. The monoisotopic (exact) mass is 633 g/mol. The minimum atomic E-state index is -3.29. The highest BCUT2D eigenvalue weighted by Crippen LogP contribution is 2.34. The van der Waals surface area contributed by atoms with Crippen molar-refractivity contribution in [3.05, 3.63) is 29.3 Å². The number of morpholine rings is 1. The molecule has 2 rings (SSSR count). The zero-order chi connectivity index (χ0) is 30.8. The van der Waals surface area contributed by atoms with Crippen molar-refractivity contribution in [2.45, 2.75) is 84.8 Å². The Morgan fingerprint density at radius 2 is 1.81 bits per heavy atom. The lowest BCUT2D eigenvalue weighted by molar-refractivity contribution is -0.125. The summed E-state index contributed by atoms with van der Waals surface area (Å²) in [6.45, 7) is 17.3. The Morgan fingerprint density at radius 3 is 2.38 bits per heavy atom. The number of halogens is 1. The molecule has 0 aliphatic carbocycles. The fraction of sp³-hybridized carbons (Fsp3) is 0.774. The first-order valence-electron chi connectivity index (χ1n) is 15.0. The van der Waals surface area contributed by atoms with Crippen LogP contribution in [-0.4, -0.2) is 88.1 Å². The normalized spacial score (nSPS) is 17.7. The first kappa shape index (κ1) is 38.6. The quantitative estimate of drug-likeness (QED) is 0.236. The van der Waals surface area contributed by atoms with E-state index in [-0.39, 0.29) is 41.5 Å². The molecule has 1 aliphatic heterocycles. The topological polar surface area (TPSA) is 131 Å². The average Bonchev–Trinajstić information content (AvgIpc) is 2.88. The summed E-state index contributed by atoms with van der Waals surface area (Å²) in [6, 6.07) is 5.56. The lowest BCUT2D eigenvalue weighted by Gasteiger charge is -2.29. The number of nitrogens with zero attached hydrogens (tertiary/aromatic N) is 1. The van der Waals surface area contributed by atoms with E-state index in [1.807, 2.05) is 19.1 Å². The number of nitrogens with two attached hydrogens (primary N) is 1. The van der Waals surface area contributed by atoms with Crippen molar-refractivity contribution in [1.29, 1.82) is 0 Å². The van der Waals surface area contributed by atoms with Gasteiger partial charge in [0.2, 0.25) is 5.91 Å². The van der Waals surface area contributed by atoms with Crippen LogP contribution in [0.25, 0.3) is 0 Å². The molecule has 11 heteroatoms. The standard InChI is InChI=1S/C31H55N3O6S.ClH/c1-22(2)25(18-24-9-10-26(31(4,5)6)29(19-24)40-21-41(7,37)38)20-27(32)28(35)17-23(3)30(36)33-11-8-12-34-13-15-39-16-14-34;/h9-10,19,22-23,25,27-28,35H,8,11-18,20-21,32H2,1-7H3,(H,33,36);1H/t23-,25+,27+,28+;/m1./s1. The largest absolute Gasteiger partial charge is 0.477 e. The first-order valence-corrected chi connectivity index (χ1v) is 17.1. The fourth-order valence-electron chi connectivity index (χ4n) is 5.16. The third kappa shape index (κ3) is 13.9. The molecule has 0 saturated carbocycles.